The molecule has 16 heteroatoms. The number of rotatable bonds is 1. The molecule has 3 aromatic heterocycles. The normalized spacial score (nSPS) is 25.0. The highest BCUT2D eigenvalue weighted by Gasteiger charge is 2.38. The average Bonchev–Trinajstić information content (AvgIpc) is 3.85. The molecule has 0 saturated carbocycles. The molecular formula is C29H34N8O6S2. The maximum absolute atomic E-state index is 13.5. The number of nitrogens with one attached hydrogen (secondary N) is 3. The molecule has 5 amide bonds. The Morgan fingerprint density at radius 3 is 2.31 bits per heavy atom. The van der Waals surface area contributed by atoms with Crippen molar-refractivity contribution in [2.24, 2.45) is 5.92 Å². The molecule has 3 aliphatic heterocycles. The minimum Gasteiger partial charge on any atom is -0.442 e. The van der Waals surface area contributed by atoms with Crippen LogP contribution >= 0.6 is 22.7 Å². The highest BCUT2D eigenvalue weighted by molar-refractivity contribution is 7.10. The number of carbonyl (C=O) groups excluding carboxylic acids is 5. The van der Waals surface area contributed by atoms with Crippen molar-refractivity contribution in [1.82, 2.24) is 40.7 Å². The maximum atomic E-state index is 13.5. The zero-order valence-corrected chi connectivity index (χ0v) is 26.7. The van der Waals surface area contributed by atoms with E-state index in [0.717, 1.165) is 12.8 Å². The van der Waals surface area contributed by atoms with Crippen molar-refractivity contribution in [1.29, 1.82) is 0 Å². The van der Waals surface area contributed by atoms with Gasteiger partial charge in [-0.2, -0.15) is 0 Å². The van der Waals surface area contributed by atoms with Gasteiger partial charge < -0.3 is 30.2 Å². The summed E-state index contributed by atoms with van der Waals surface area (Å²) in [6, 6.07) is -2.45. The summed E-state index contributed by atoms with van der Waals surface area (Å²) in [7, 11) is 0. The van der Waals surface area contributed by atoms with E-state index in [0.29, 0.717) is 41.6 Å². The lowest BCUT2D eigenvalue weighted by molar-refractivity contribution is -0.132. The quantitative estimate of drug-likeness (QED) is 0.355. The third-order valence-corrected chi connectivity index (χ3v) is 10.2. The molecule has 0 aromatic carbocycles. The fourth-order valence-electron chi connectivity index (χ4n) is 5.87. The third-order valence-electron chi connectivity index (χ3n) is 8.27. The van der Waals surface area contributed by atoms with E-state index in [-0.39, 0.29) is 41.7 Å². The van der Waals surface area contributed by atoms with Crippen LogP contribution in [0.4, 0.5) is 0 Å². The molecule has 2 fully saturated rings. The van der Waals surface area contributed by atoms with Crippen molar-refractivity contribution in [3.63, 3.8) is 0 Å². The SMILES string of the molecule is CC(C)[C@@H]1NC(=O)[C@@H]2CCCN2C(=O)c2coc(n2)-c2csc(n2)[C@@H]2CCCN2C(=O)CNC(=O)c2csc(n2)[C@H](C)NC1=O. The van der Waals surface area contributed by atoms with Gasteiger partial charge in [-0.3, -0.25) is 24.0 Å². The average molecular weight is 655 g/mol. The number of fused-ring (bicyclic) bond motifs is 10. The summed E-state index contributed by atoms with van der Waals surface area (Å²) in [4.78, 5) is 83.0. The van der Waals surface area contributed by atoms with Crippen LogP contribution in [0.3, 0.4) is 0 Å². The first-order chi connectivity index (χ1) is 21.6. The van der Waals surface area contributed by atoms with Crippen molar-refractivity contribution >= 4 is 52.2 Å². The van der Waals surface area contributed by atoms with Gasteiger partial charge in [0, 0.05) is 23.8 Å². The number of hydrogen-bond acceptors (Lipinski definition) is 11. The van der Waals surface area contributed by atoms with E-state index < -0.39 is 41.8 Å². The standard InChI is InChI=1S/C29H34N8O6S2/c1-14(2)22-25(41)31-15(3)27-33-17(12-44-27)23(39)30-10-21(38)36-8-5-7-20(36)28-34-18(13-45-28)26-32-16(11-43-26)29(42)37-9-4-6-19(37)24(40)35-22/h11-15,19-20,22H,4-10H2,1-3H3,(H,30,39)(H,31,41)(H,35,40)/t15-,19-,20-,22-/m0/s1. The van der Waals surface area contributed by atoms with Gasteiger partial charge in [-0.1, -0.05) is 13.8 Å². The van der Waals surface area contributed by atoms with E-state index >= 15 is 0 Å². The van der Waals surface area contributed by atoms with Crippen LogP contribution < -0.4 is 16.0 Å². The van der Waals surface area contributed by atoms with Crippen molar-refractivity contribution in [3.8, 4) is 11.6 Å². The topological polar surface area (TPSA) is 180 Å². The van der Waals surface area contributed by atoms with Gasteiger partial charge in [-0.25, -0.2) is 15.0 Å². The van der Waals surface area contributed by atoms with Crippen molar-refractivity contribution < 1.29 is 28.4 Å². The van der Waals surface area contributed by atoms with Crippen molar-refractivity contribution in [2.75, 3.05) is 19.6 Å². The van der Waals surface area contributed by atoms with Crippen LogP contribution in [-0.4, -0.2) is 86.0 Å². The number of oxazole rings is 1. The Morgan fingerprint density at radius 2 is 1.53 bits per heavy atom. The summed E-state index contributed by atoms with van der Waals surface area (Å²) in [5.41, 5.74) is 0.633. The Morgan fingerprint density at radius 1 is 0.844 bits per heavy atom. The summed E-state index contributed by atoms with van der Waals surface area (Å²) < 4.78 is 5.64. The fourth-order valence-corrected chi connectivity index (χ4v) is 7.61. The molecule has 14 nitrogen and oxygen atoms in total. The number of carbonyl (C=O) groups is 5. The van der Waals surface area contributed by atoms with Crippen LogP contribution in [0, 0.1) is 5.92 Å². The summed E-state index contributed by atoms with van der Waals surface area (Å²) >= 11 is 2.58. The number of hydrogen-bond donors (Lipinski definition) is 3. The minimum atomic E-state index is -0.872. The minimum absolute atomic E-state index is 0.0527. The van der Waals surface area contributed by atoms with Gasteiger partial charge in [0.1, 0.15) is 39.7 Å². The highest BCUT2D eigenvalue weighted by atomic mass is 32.1. The highest BCUT2D eigenvalue weighted by Crippen LogP contribution is 2.35. The number of amides is 5. The molecule has 4 atom stereocenters. The lowest BCUT2D eigenvalue weighted by atomic mass is 10.0. The van der Waals surface area contributed by atoms with Crippen LogP contribution in [0.25, 0.3) is 11.6 Å². The molecule has 45 heavy (non-hydrogen) atoms. The van der Waals surface area contributed by atoms with E-state index in [1.54, 1.807) is 22.6 Å². The fraction of sp³-hybridized carbons (Fsp3) is 0.517. The van der Waals surface area contributed by atoms with Crippen LogP contribution in [0.2, 0.25) is 0 Å². The molecular weight excluding hydrogens is 621 g/mol. The van der Waals surface area contributed by atoms with Crippen molar-refractivity contribution in [3.05, 3.63) is 38.4 Å². The molecule has 3 aliphatic rings. The molecule has 6 rings (SSSR count). The molecule has 6 bridgehead atoms. The Kier molecular flexibility index (Phi) is 8.68. The van der Waals surface area contributed by atoms with Crippen LogP contribution in [0.15, 0.2) is 21.4 Å². The summed E-state index contributed by atoms with van der Waals surface area (Å²) in [5.74, 6) is -2.10. The second kappa shape index (κ2) is 12.7. The van der Waals surface area contributed by atoms with Gasteiger partial charge in [0.05, 0.1) is 18.6 Å². The molecule has 3 aromatic rings. The molecule has 0 unspecified atom stereocenters. The Hall–Kier alpha value is -4.18. The van der Waals surface area contributed by atoms with Gasteiger partial charge >= 0.3 is 0 Å². The Bertz CT molecular complexity index is 1630. The Balaban J connectivity index is 1.30. The molecule has 0 radical (unpaired) electrons. The number of nitrogens with zero attached hydrogens (tertiary/aromatic N) is 5. The second-order valence-electron chi connectivity index (χ2n) is 11.7. The van der Waals surface area contributed by atoms with Crippen molar-refractivity contribution in [2.45, 2.75) is 70.6 Å². The smallest absolute Gasteiger partial charge is 0.276 e. The molecule has 3 N–H and O–H groups in total. The molecule has 0 aliphatic carbocycles. The molecule has 0 spiro atoms. The summed E-state index contributed by atoms with van der Waals surface area (Å²) in [6.07, 6.45) is 3.84. The predicted octanol–water partition coefficient (Wildman–Crippen LogP) is 2.28. The van der Waals surface area contributed by atoms with Gasteiger partial charge in [-0.15, -0.1) is 22.7 Å². The first kappa shape index (κ1) is 30.8. The maximum Gasteiger partial charge on any atom is 0.276 e. The van der Waals surface area contributed by atoms with Gasteiger partial charge in [0.2, 0.25) is 23.6 Å². The zero-order chi connectivity index (χ0) is 31.8. The second-order valence-corrected chi connectivity index (χ2v) is 13.5. The lowest BCUT2D eigenvalue weighted by Gasteiger charge is -2.28. The third kappa shape index (κ3) is 6.20. The summed E-state index contributed by atoms with van der Waals surface area (Å²) in [5, 5.41) is 13.0. The van der Waals surface area contributed by atoms with E-state index in [1.807, 2.05) is 13.8 Å². The van der Waals surface area contributed by atoms with Crippen LogP contribution in [0.5, 0.6) is 0 Å². The number of aromatic nitrogens is 3. The van der Waals surface area contributed by atoms with E-state index in [1.165, 1.54) is 33.8 Å². The van der Waals surface area contributed by atoms with E-state index in [4.69, 9.17) is 4.42 Å². The van der Waals surface area contributed by atoms with Gasteiger partial charge in [0.25, 0.3) is 11.8 Å². The van der Waals surface area contributed by atoms with E-state index in [9.17, 15) is 24.0 Å². The molecule has 2 saturated heterocycles. The van der Waals surface area contributed by atoms with E-state index in [2.05, 4.69) is 30.9 Å². The first-order valence-corrected chi connectivity index (χ1v) is 16.7. The van der Waals surface area contributed by atoms with Crippen LogP contribution in [0.1, 0.15) is 89.5 Å². The summed E-state index contributed by atoms with van der Waals surface area (Å²) in [6.45, 7) is 6.07. The van der Waals surface area contributed by atoms with Gasteiger partial charge in [0.15, 0.2) is 5.69 Å². The number of thiazole rings is 2. The van der Waals surface area contributed by atoms with Crippen LogP contribution in [-0.2, 0) is 14.4 Å². The predicted molar refractivity (Wildman–Crippen MR) is 163 cm³/mol. The zero-order valence-electron chi connectivity index (χ0n) is 25.1. The Labute approximate surface area is 267 Å². The van der Waals surface area contributed by atoms with Gasteiger partial charge in [-0.05, 0) is 38.5 Å². The molecule has 238 valence electrons. The first-order valence-electron chi connectivity index (χ1n) is 15.0. The largest absolute Gasteiger partial charge is 0.442 e. The molecule has 6 heterocycles. The lowest BCUT2D eigenvalue weighted by Crippen LogP contribution is -2.55. The monoisotopic (exact) mass is 654 g/mol.